The third kappa shape index (κ3) is 3.83. The van der Waals surface area contributed by atoms with E-state index in [0.29, 0.717) is 21.4 Å². The lowest BCUT2D eigenvalue weighted by atomic mass is 9.98. The smallest absolute Gasteiger partial charge is 0.258 e. The molecule has 0 unspecified atom stereocenters. The molecule has 4 aromatic rings. The molecule has 0 fully saturated rings. The van der Waals surface area contributed by atoms with Gasteiger partial charge in [0.15, 0.2) is 0 Å². The molecule has 0 aliphatic rings. The molecule has 0 saturated carbocycles. The fourth-order valence-corrected chi connectivity index (χ4v) is 3.48. The van der Waals surface area contributed by atoms with Crippen molar-refractivity contribution in [1.82, 2.24) is 10.2 Å². The molecule has 0 saturated heterocycles. The second kappa shape index (κ2) is 7.99. The first-order chi connectivity index (χ1) is 14.0. The van der Waals surface area contributed by atoms with Crippen LogP contribution in [0.25, 0.3) is 33.6 Å². The van der Waals surface area contributed by atoms with Crippen molar-refractivity contribution in [3.63, 3.8) is 0 Å². The quantitative estimate of drug-likeness (QED) is 0.271. The Hall–Kier alpha value is -3.28. The molecular formula is C22H13Cl2N3O2. The molecule has 0 radical (unpaired) electrons. The second-order valence-electron chi connectivity index (χ2n) is 6.26. The number of nitro benzene ring substituents is 1. The van der Waals surface area contributed by atoms with E-state index < -0.39 is 4.92 Å². The van der Waals surface area contributed by atoms with E-state index in [0.717, 1.165) is 22.3 Å². The van der Waals surface area contributed by atoms with Crippen molar-refractivity contribution in [3.8, 4) is 33.6 Å². The number of nitrogens with zero attached hydrogens (tertiary/aromatic N) is 3. The number of hydrogen-bond acceptors (Lipinski definition) is 4. The van der Waals surface area contributed by atoms with Gasteiger partial charge in [-0.25, -0.2) is 0 Å². The number of benzene rings is 3. The largest absolute Gasteiger partial charge is 0.269 e. The molecule has 1 aromatic heterocycles. The molecule has 0 spiro atoms. The summed E-state index contributed by atoms with van der Waals surface area (Å²) < 4.78 is 0. The van der Waals surface area contributed by atoms with Crippen LogP contribution in [-0.4, -0.2) is 15.1 Å². The first kappa shape index (κ1) is 19.1. The highest BCUT2D eigenvalue weighted by Crippen LogP contribution is 2.37. The van der Waals surface area contributed by atoms with Gasteiger partial charge in [-0.05, 0) is 35.9 Å². The molecule has 0 amide bonds. The summed E-state index contributed by atoms with van der Waals surface area (Å²) in [5.41, 5.74) is 4.17. The van der Waals surface area contributed by atoms with Gasteiger partial charge in [0.25, 0.3) is 5.69 Å². The molecule has 142 valence electrons. The molecule has 29 heavy (non-hydrogen) atoms. The molecule has 7 heteroatoms. The van der Waals surface area contributed by atoms with Crippen LogP contribution in [0.1, 0.15) is 0 Å². The molecule has 1 heterocycles. The third-order valence-corrected chi connectivity index (χ3v) is 5.12. The van der Waals surface area contributed by atoms with Gasteiger partial charge in [0, 0.05) is 28.8 Å². The first-order valence-corrected chi connectivity index (χ1v) is 9.42. The summed E-state index contributed by atoms with van der Waals surface area (Å²) in [7, 11) is 0. The maximum atomic E-state index is 11.0. The van der Waals surface area contributed by atoms with Crippen molar-refractivity contribution in [3.05, 3.63) is 99.0 Å². The molecule has 5 nitrogen and oxygen atoms in total. The van der Waals surface area contributed by atoms with Crippen molar-refractivity contribution >= 4 is 28.9 Å². The minimum absolute atomic E-state index is 0.0152. The summed E-state index contributed by atoms with van der Waals surface area (Å²) in [6.45, 7) is 0. The number of nitro groups is 1. The van der Waals surface area contributed by atoms with E-state index in [-0.39, 0.29) is 5.69 Å². The van der Waals surface area contributed by atoms with Crippen LogP contribution < -0.4 is 0 Å². The maximum absolute atomic E-state index is 11.0. The van der Waals surface area contributed by atoms with Crippen LogP contribution >= 0.6 is 23.2 Å². The number of hydrogen-bond donors (Lipinski definition) is 0. The molecule has 0 atom stereocenters. The maximum Gasteiger partial charge on any atom is 0.269 e. The monoisotopic (exact) mass is 421 g/mol. The zero-order valence-corrected chi connectivity index (χ0v) is 16.4. The van der Waals surface area contributed by atoms with Crippen LogP contribution in [0.5, 0.6) is 0 Å². The lowest BCUT2D eigenvalue weighted by Gasteiger charge is -2.12. The van der Waals surface area contributed by atoms with Gasteiger partial charge < -0.3 is 0 Å². The predicted molar refractivity (Wildman–Crippen MR) is 115 cm³/mol. The average Bonchev–Trinajstić information content (AvgIpc) is 2.74. The van der Waals surface area contributed by atoms with Crippen LogP contribution in [0.4, 0.5) is 5.69 Å². The Bertz CT molecular complexity index is 1210. The Kier molecular flexibility index (Phi) is 5.25. The summed E-state index contributed by atoms with van der Waals surface area (Å²) >= 11 is 12.7. The standard InChI is InChI=1S/C22H13Cl2N3O2/c23-19-7-3-1-5-16(19)21-13-18(14-9-11-15(12-10-14)27(28)29)22(26-25-21)17-6-2-4-8-20(17)24/h1-13H. The summed E-state index contributed by atoms with van der Waals surface area (Å²) in [5.74, 6) is 0. The van der Waals surface area contributed by atoms with Crippen molar-refractivity contribution in [2.45, 2.75) is 0 Å². The van der Waals surface area contributed by atoms with E-state index >= 15 is 0 Å². The topological polar surface area (TPSA) is 68.9 Å². The third-order valence-electron chi connectivity index (χ3n) is 4.46. The Morgan fingerprint density at radius 1 is 0.724 bits per heavy atom. The van der Waals surface area contributed by atoms with Crippen LogP contribution in [0.15, 0.2) is 78.9 Å². The molecule has 0 aliphatic heterocycles. The Morgan fingerprint density at radius 3 is 1.90 bits per heavy atom. The average molecular weight is 422 g/mol. The number of halogens is 2. The summed E-state index contributed by atoms with van der Waals surface area (Å²) in [6.07, 6.45) is 0. The van der Waals surface area contributed by atoms with E-state index in [1.165, 1.54) is 12.1 Å². The van der Waals surface area contributed by atoms with Gasteiger partial charge in [-0.3, -0.25) is 10.1 Å². The molecule has 0 bridgehead atoms. The Balaban J connectivity index is 1.93. The van der Waals surface area contributed by atoms with Crippen molar-refractivity contribution in [2.24, 2.45) is 0 Å². The SMILES string of the molecule is O=[N+]([O-])c1ccc(-c2cc(-c3ccccc3Cl)nnc2-c2ccccc2Cl)cc1. The highest BCUT2D eigenvalue weighted by molar-refractivity contribution is 6.33. The zero-order chi connectivity index (χ0) is 20.4. The van der Waals surface area contributed by atoms with Gasteiger partial charge in [0.1, 0.15) is 5.69 Å². The van der Waals surface area contributed by atoms with Crippen molar-refractivity contribution in [2.75, 3.05) is 0 Å². The number of non-ortho nitro benzene ring substituents is 1. The second-order valence-corrected chi connectivity index (χ2v) is 7.07. The van der Waals surface area contributed by atoms with Gasteiger partial charge in [0.05, 0.1) is 20.7 Å². The predicted octanol–water partition coefficient (Wildman–Crippen LogP) is 6.69. The normalized spacial score (nSPS) is 10.7. The fourth-order valence-electron chi connectivity index (χ4n) is 3.03. The van der Waals surface area contributed by atoms with E-state index in [1.54, 1.807) is 24.3 Å². The van der Waals surface area contributed by atoms with E-state index in [4.69, 9.17) is 23.2 Å². The molecule has 4 rings (SSSR count). The zero-order valence-electron chi connectivity index (χ0n) is 14.9. The van der Waals surface area contributed by atoms with Gasteiger partial charge in [-0.1, -0.05) is 59.6 Å². The van der Waals surface area contributed by atoms with Crippen LogP contribution in [0, 0.1) is 10.1 Å². The van der Waals surface area contributed by atoms with Crippen molar-refractivity contribution < 1.29 is 4.92 Å². The van der Waals surface area contributed by atoms with Crippen LogP contribution in [-0.2, 0) is 0 Å². The lowest BCUT2D eigenvalue weighted by Crippen LogP contribution is -1.97. The van der Waals surface area contributed by atoms with Gasteiger partial charge >= 0.3 is 0 Å². The van der Waals surface area contributed by atoms with E-state index in [9.17, 15) is 10.1 Å². The Labute approximate surface area is 176 Å². The van der Waals surface area contributed by atoms with Crippen molar-refractivity contribution in [1.29, 1.82) is 0 Å². The van der Waals surface area contributed by atoms with Gasteiger partial charge in [0.2, 0.25) is 0 Å². The first-order valence-electron chi connectivity index (χ1n) is 8.67. The minimum atomic E-state index is -0.432. The molecular weight excluding hydrogens is 409 g/mol. The molecule has 0 aliphatic carbocycles. The molecule has 0 N–H and O–H groups in total. The number of rotatable bonds is 4. The van der Waals surface area contributed by atoms with E-state index in [1.807, 2.05) is 42.5 Å². The van der Waals surface area contributed by atoms with Crippen LogP contribution in [0.2, 0.25) is 10.0 Å². The minimum Gasteiger partial charge on any atom is -0.258 e. The highest BCUT2D eigenvalue weighted by atomic mass is 35.5. The summed E-state index contributed by atoms with van der Waals surface area (Å²) in [4.78, 5) is 10.6. The molecule has 3 aromatic carbocycles. The highest BCUT2D eigenvalue weighted by Gasteiger charge is 2.16. The number of aromatic nitrogens is 2. The summed E-state index contributed by atoms with van der Waals surface area (Å²) in [6, 6.07) is 22.9. The van der Waals surface area contributed by atoms with E-state index in [2.05, 4.69) is 10.2 Å². The van der Waals surface area contributed by atoms with Crippen LogP contribution in [0.3, 0.4) is 0 Å². The summed E-state index contributed by atoms with van der Waals surface area (Å²) in [5, 5.41) is 20.9. The Morgan fingerprint density at radius 2 is 1.31 bits per heavy atom. The lowest BCUT2D eigenvalue weighted by molar-refractivity contribution is -0.384. The fraction of sp³-hybridized carbons (Fsp3) is 0. The van der Waals surface area contributed by atoms with Gasteiger partial charge in [-0.2, -0.15) is 0 Å². The van der Waals surface area contributed by atoms with Gasteiger partial charge in [-0.15, -0.1) is 10.2 Å².